The highest BCUT2D eigenvalue weighted by Gasteiger charge is 2.20. The Morgan fingerprint density at radius 3 is 2.73 bits per heavy atom. The molecule has 0 saturated heterocycles. The third kappa shape index (κ3) is 3.91. The van der Waals surface area contributed by atoms with Crippen LogP contribution in [0.1, 0.15) is 29.3 Å². The number of nitrogens with zero attached hydrogens (tertiary/aromatic N) is 4. The lowest BCUT2D eigenvalue weighted by atomic mass is 10.1. The zero-order valence-corrected chi connectivity index (χ0v) is 12.3. The molecule has 22 heavy (non-hydrogen) atoms. The highest BCUT2D eigenvalue weighted by Crippen LogP contribution is 2.13. The van der Waals surface area contributed by atoms with Crippen LogP contribution in [0.4, 0.5) is 0 Å². The predicted octanol–water partition coefficient (Wildman–Crippen LogP) is 1.26. The van der Waals surface area contributed by atoms with Crippen molar-refractivity contribution in [2.75, 3.05) is 13.1 Å². The molecule has 7 heteroatoms. The van der Waals surface area contributed by atoms with Gasteiger partial charge in [-0.1, -0.05) is 25.1 Å². The molecule has 0 aliphatic rings. The minimum atomic E-state index is -1.02. The number of carboxylic acid groups (broad SMARTS) is 1. The number of rotatable bonds is 7. The quantitative estimate of drug-likeness (QED) is 0.832. The second-order valence-corrected chi connectivity index (χ2v) is 4.87. The van der Waals surface area contributed by atoms with Crippen molar-refractivity contribution in [3.05, 3.63) is 48.0 Å². The number of aromatic nitrogens is 3. The molecule has 116 valence electrons. The van der Waals surface area contributed by atoms with Gasteiger partial charge in [-0.25, -0.2) is 9.67 Å². The Labute approximate surface area is 128 Å². The van der Waals surface area contributed by atoms with E-state index in [0.717, 1.165) is 5.56 Å². The molecule has 1 amide bonds. The van der Waals surface area contributed by atoms with Gasteiger partial charge in [0.05, 0.1) is 6.54 Å². The van der Waals surface area contributed by atoms with Gasteiger partial charge in [0.2, 0.25) is 0 Å². The zero-order chi connectivity index (χ0) is 15.9. The summed E-state index contributed by atoms with van der Waals surface area (Å²) in [6.07, 6.45) is 3.70. The molecule has 1 aromatic heterocycles. The first-order valence-electron chi connectivity index (χ1n) is 7.03. The fourth-order valence-electron chi connectivity index (χ4n) is 2.21. The Bertz CT molecular complexity index is 640. The topological polar surface area (TPSA) is 88.3 Å². The van der Waals surface area contributed by atoms with E-state index in [0.29, 0.717) is 25.1 Å². The third-order valence-corrected chi connectivity index (χ3v) is 3.15. The molecule has 2 rings (SSSR count). The lowest BCUT2D eigenvalue weighted by Gasteiger charge is -2.21. The Kier molecular flexibility index (Phi) is 5.24. The molecule has 0 aliphatic heterocycles. The summed E-state index contributed by atoms with van der Waals surface area (Å²) in [6.45, 7) is 2.42. The summed E-state index contributed by atoms with van der Waals surface area (Å²) < 4.78 is 1.62. The molecule has 0 unspecified atom stereocenters. The number of hydrogen-bond acceptors (Lipinski definition) is 4. The van der Waals surface area contributed by atoms with Crippen molar-refractivity contribution in [2.45, 2.75) is 19.9 Å². The van der Waals surface area contributed by atoms with Crippen LogP contribution in [0.5, 0.6) is 0 Å². The van der Waals surface area contributed by atoms with E-state index in [1.165, 1.54) is 11.2 Å². The lowest BCUT2D eigenvalue weighted by molar-refractivity contribution is -0.137. The summed E-state index contributed by atoms with van der Waals surface area (Å²) in [5.74, 6) is -1.30. The van der Waals surface area contributed by atoms with Crippen molar-refractivity contribution in [3.8, 4) is 0 Å². The molecule has 0 atom stereocenters. The minimum Gasteiger partial charge on any atom is -0.480 e. The number of amides is 1. The fraction of sp³-hybridized carbons (Fsp3) is 0.333. The highest BCUT2D eigenvalue weighted by atomic mass is 16.4. The van der Waals surface area contributed by atoms with Gasteiger partial charge >= 0.3 is 5.97 Å². The van der Waals surface area contributed by atoms with Crippen molar-refractivity contribution >= 4 is 11.9 Å². The number of carboxylic acids is 1. The van der Waals surface area contributed by atoms with Crippen molar-refractivity contribution in [1.82, 2.24) is 19.7 Å². The maximum absolute atomic E-state index is 12.6. The van der Waals surface area contributed by atoms with Gasteiger partial charge in [-0.2, -0.15) is 5.10 Å². The van der Waals surface area contributed by atoms with Crippen LogP contribution in [0.2, 0.25) is 0 Å². The molecule has 0 saturated carbocycles. The Morgan fingerprint density at radius 1 is 1.32 bits per heavy atom. The van der Waals surface area contributed by atoms with Gasteiger partial charge in [0.25, 0.3) is 5.91 Å². The predicted molar refractivity (Wildman–Crippen MR) is 79.4 cm³/mol. The van der Waals surface area contributed by atoms with Crippen molar-refractivity contribution < 1.29 is 14.7 Å². The number of aliphatic carboxylic acids is 1. The second kappa shape index (κ2) is 7.35. The van der Waals surface area contributed by atoms with E-state index in [4.69, 9.17) is 5.11 Å². The van der Waals surface area contributed by atoms with Gasteiger partial charge in [-0.3, -0.25) is 9.59 Å². The van der Waals surface area contributed by atoms with Crippen molar-refractivity contribution in [2.24, 2.45) is 0 Å². The fourth-order valence-corrected chi connectivity index (χ4v) is 2.21. The Morgan fingerprint density at radius 2 is 2.09 bits per heavy atom. The summed E-state index contributed by atoms with van der Waals surface area (Å²) in [7, 11) is 0. The van der Waals surface area contributed by atoms with Crippen LogP contribution < -0.4 is 0 Å². The molecule has 1 aromatic carbocycles. The molecule has 0 bridgehead atoms. The van der Waals surface area contributed by atoms with Crippen LogP contribution in [-0.4, -0.2) is 49.7 Å². The van der Waals surface area contributed by atoms with Crippen LogP contribution in [0, 0.1) is 0 Å². The average molecular weight is 302 g/mol. The summed E-state index contributed by atoms with van der Waals surface area (Å²) in [4.78, 5) is 28.8. The van der Waals surface area contributed by atoms with Crippen LogP contribution >= 0.6 is 0 Å². The van der Waals surface area contributed by atoms with E-state index < -0.39 is 5.97 Å². The molecule has 7 nitrogen and oxygen atoms in total. The van der Waals surface area contributed by atoms with Crippen LogP contribution in [0.3, 0.4) is 0 Å². The third-order valence-electron chi connectivity index (χ3n) is 3.15. The summed E-state index contributed by atoms with van der Waals surface area (Å²) in [6, 6.07) is 7.15. The van der Waals surface area contributed by atoms with Gasteiger partial charge in [-0.15, -0.1) is 0 Å². The van der Waals surface area contributed by atoms with Gasteiger partial charge < -0.3 is 10.0 Å². The highest BCUT2D eigenvalue weighted by molar-refractivity contribution is 5.97. The monoisotopic (exact) mass is 302 g/mol. The van der Waals surface area contributed by atoms with E-state index in [2.05, 4.69) is 10.1 Å². The number of hydrogen-bond donors (Lipinski definition) is 1. The number of carbonyl (C=O) groups excluding carboxylic acids is 1. The smallest absolute Gasteiger partial charge is 0.323 e. The molecule has 2 aromatic rings. The molecule has 1 heterocycles. The first-order chi connectivity index (χ1) is 10.6. The maximum atomic E-state index is 12.6. The summed E-state index contributed by atoms with van der Waals surface area (Å²) in [5.41, 5.74) is 1.28. The molecule has 0 aliphatic carbocycles. The van der Waals surface area contributed by atoms with E-state index in [-0.39, 0.29) is 12.5 Å². The van der Waals surface area contributed by atoms with Crippen LogP contribution in [0.25, 0.3) is 0 Å². The zero-order valence-electron chi connectivity index (χ0n) is 12.3. The van der Waals surface area contributed by atoms with E-state index in [1.807, 2.05) is 19.1 Å². The Balaban J connectivity index is 2.26. The largest absolute Gasteiger partial charge is 0.480 e. The first kappa shape index (κ1) is 15.7. The molecule has 0 fully saturated rings. The van der Waals surface area contributed by atoms with Crippen molar-refractivity contribution in [1.29, 1.82) is 0 Å². The number of carbonyl (C=O) groups is 2. The standard InChI is InChI=1S/C15H18N4O3/c1-2-7-18(9-14(20)21)15(22)13-6-4-3-5-12(13)8-19-11-16-10-17-19/h3-6,10-11H,2,7-9H2,1H3,(H,20,21). The van der Waals surface area contributed by atoms with Gasteiger partial charge in [0.1, 0.15) is 19.2 Å². The SMILES string of the molecule is CCCN(CC(=O)O)C(=O)c1ccccc1Cn1cncn1. The van der Waals surface area contributed by atoms with E-state index >= 15 is 0 Å². The van der Waals surface area contributed by atoms with Crippen LogP contribution in [-0.2, 0) is 11.3 Å². The molecule has 1 N–H and O–H groups in total. The average Bonchev–Trinajstić information content (AvgIpc) is 2.99. The second-order valence-electron chi connectivity index (χ2n) is 4.87. The summed E-state index contributed by atoms with van der Waals surface area (Å²) in [5, 5.41) is 13.0. The number of benzene rings is 1. The van der Waals surface area contributed by atoms with Gasteiger partial charge in [0, 0.05) is 12.1 Å². The maximum Gasteiger partial charge on any atom is 0.323 e. The first-order valence-corrected chi connectivity index (χ1v) is 7.03. The molecular formula is C15H18N4O3. The van der Waals surface area contributed by atoms with E-state index in [1.54, 1.807) is 23.1 Å². The molecule has 0 radical (unpaired) electrons. The Hall–Kier alpha value is -2.70. The minimum absolute atomic E-state index is 0.278. The van der Waals surface area contributed by atoms with Gasteiger partial charge in [0.15, 0.2) is 0 Å². The summed E-state index contributed by atoms with van der Waals surface area (Å²) >= 11 is 0. The normalized spacial score (nSPS) is 10.4. The van der Waals surface area contributed by atoms with Crippen molar-refractivity contribution in [3.63, 3.8) is 0 Å². The molecule has 0 spiro atoms. The van der Waals surface area contributed by atoms with E-state index in [9.17, 15) is 9.59 Å². The lowest BCUT2D eigenvalue weighted by Crippen LogP contribution is -2.36. The van der Waals surface area contributed by atoms with Crippen LogP contribution in [0.15, 0.2) is 36.9 Å². The van der Waals surface area contributed by atoms with Gasteiger partial charge in [-0.05, 0) is 18.1 Å². The molecular weight excluding hydrogens is 284 g/mol.